The normalized spacial score (nSPS) is 17.4. The average molecular weight is 457 g/mol. The van der Waals surface area contributed by atoms with Gasteiger partial charge in [-0.1, -0.05) is 44.2 Å². The highest BCUT2D eigenvalue weighted by atomic mass is 16.5. The molecular formula is C28H28N2O4. The zero-order valence-corrected chi connectivity index (χ0v) is 19.6. The van der Waals surface area contributed by atoms with Gasteiger partial charge in [0.25, 0.3) is 11.7 Å². The number of ketones is 1. The Morgan fingerprint density at radius 1 is 1.03 bits per heavy atom. The van der Waals surface area contributed by atoms with Gasteiger partial charge in [0.15, 0.2) is 0 Å². The molecule has 2 aromatic carbocycles. The van der Waals surface area contributed by atoms with Crippen molar-refractivity contribution in [2.75, 3.05) is 6.61 Å². The van der Waals surface area contributed by atoms with Gasteiger partial charge >= 0.3 is 0 Å². The fourth-order valence-electron chi connectivity index (χ4n) is 4.15. The van der Waals surface area contributed by atoms with Crippen LogP contribution < -0.4 is 4.74 Å². The van der Waals surface area contributed by atoms with Crippen LogP contribution in [0.15, 0.2) is 78.5 Å². The summed E-state index contributed by atoms with van der Waals surface area (Å²) in [5, 5.41) is 11.2. The van der Waals surface area contributed by atoms with E-state index in [1.54, 1.807) is 36.5 Å². The van der Waals surface area contributed by atoms with Gasteiger partial charge in [-0.05, 0) is 60.4 Å². The number of carbonyl (C=O) groups excluding carboxylic acids is 2. The average Bonchev–Trinajstić information content (AvgIpc) is 3.10. The number of nitrogens with zero attached hydrogens (tertiary/aromatic N) is 2. The fraction of sp³-hybridized carbons (Fsp3) is 0.250. The molecule has 6 heteroatoms. The van der Waals surface area contributed by atoms with E-state index in [2.05, 4.69) is 18.8 Å². The van der Waals surface area contributed by atoms with Gasteiger partial charge in [-0.15, -0.1) is 0 Å². The van der Waals surface area contributed by atoms with Crippen LogP contribution in [-0.2, 0) is 16.1 Å². The van der Waals surface area contributed by atoms with Crippen LogP contribution in [0.2, 0.25) is 0 Å². The summed E-state index contributed by atoms with van der Waals surface area (Å²) in [5.74, 6) is -0.563. The molecule has 0 radical (unpaired) electrons. The molecule has 3 aromatic rings. The smallest absolute Gasteiger partial charge is 0.296 e. The van der Waals surface area contributed by atoms with Crippen molar-refractivity contribution in [1.82, 2.24) is 9.88 Å². The predicted octanol–water partition coefficient (Wildman–Crippen LogP) is 5.23. The number of aliphatic hydroxyl groups is 1. The SMILES string of the molecule is CCOc1ccc(/C(O)=C2\C(=O)C(=O)N(Cc3ccccn3)C2c2ccc(C(C)C)cc2)cc1. The largest absolute Gasteiger partial charge is 0.507 e. The Balaban J connectivity index is 1.81. The summed E-state index contributed by atoms with van der Waals surface area (Å²) in [7, 11) is 0. The number of carbonyl (C=O) groups is 2. The first-order valence-corrected chi connectivity index (χ1v) is 11.4. The van der Waals surface area contributed by atoms with Crippen molar-refractivity contribution < 1.29 is 19.4 Å². The molecule has 0 aliphatic carbocycles. The van der Waals surface area contributed by atoms with E-state index in [1.165, 1.54) is 4.90 Å². The predicted molar refractivity (Wildman–Crippen MR) is 130 cm³/mol. The van der Waals surface area contributed by atoms with Crippen LogP contribution in [0.5, 0.6) is 5.75 Å². The quantitative estimate of drug-likeness (QED) is 0.299. The molecular weight excluding hydrogens is 428 g/mol. The second-order valence-electron chi connectivity index (χ2n) is 8.53. The molecule has 1 atom stereocenters. The topological polar surface area (TPSA) is 79.7 Å². The van der Waals surface area contributed by atoms with Gasteiger partial charge in [0.2, 0.25) is 0 Å². The van der Waals surface area contributed by atoms with Crippen molar-refractivity contribution in [3.8, 4) is 5.75 Å². The molecule has 0 bridgehead atoms. The Morgan fingerprint density at radius 3 is 2.32 bits per heavy atom. The first-order chi connectivity index (χ1) is 16.4. The van der Waals surface area contributed by atoms with E-state index < -0.39 is 17.7 Å². The third-order valence-corrected chi connectivity index (χ3v) is 5.96. The van der Waals surface area contributed by atoms with Crippen LogP contribution in [0.25, 0.3) is 5.76 Å². The zero-order chi connectivity index (χ0) is 24.2. The molecule has 1 aromatic heterocycles. The molecule has 0 spiro atoms. The van der Waals surface area contributed by atoms with Gasteiger partial charge < -0.3 is 14.7 Å². The lowest BCUT2D eigenvalue weighted by atomic mass is 9.93. The molecule has 1 aliphatic heterocycles. The Morgan fingerprint density at radius 2 is 1.74 bits per heavy atom. The Hall–Kier alpha value is -3.93. The summed E-state index contributed by atoms with van der Waals surface area (Å²) < 4.78 is 5.47. The first kappa shape index (κ1) is 23.2. The number of aliphatic hydroxyl groups excluding tert-OH is 1. The van der Waals surface area contributed by atoms with Crippen molar-refractivity contribution in [1.29, 1.82) is 0 Å². The van der Waals surface area contributed by atoms with Gasteiger partial charge in [0.05, 0.1) is 30.5 Å². The summed E-state index contributed by atoms with van der Waals surface area (Å²) in [6.07, 6.45) is 1.65. The van der Waals surface area contributed by atoms with Crippen molar-refractivity contribution in [2.24, 2.45) is 0 Å². The van der Waals surface area contributed by atoms with Gasteiger partial charge in [-0.2, -0.15) is 0 Å². The molecule has 34 heavy (non-hydrogen) atoms. The van der Waals surface area contributed by atoms with Gasteiger partial charge in [0, 0.05) is 11.8 Å². The molecule has 6 nitrogen and oxygen atoms in total. The van der Waals surface area contributed by atoms with E-state index in [0.29, 0.717) is 29.5 Å². The van der Waals surface area contributed by atoms with Crippen LogP contribution >= 0.6 is 0 Å². The van der Waals surface area contributed by atoms with Crippen LogP contribution in [-0.4, -0.2) is 33.3 Å². The summed E-state index contributed by atoms with van der Waals surface area (Å²) in [5.41, 5.74) is 3.09. The van der Waals surface area contributed by atoms with Crippen molar-refractivity contribution in [2.45, 2.75) is 39.3 Å². The molecule has 1 amide bonds. The molecule has 2 heterocycles. The number of likely N-dealkylation sites (tertiary alicyclic amines) is 1. The number of amides is 1. The number of aromatic nitrogens is 1. The number of Topliss-reactive ketones (excluding diaryl/α,β-unsaturated/α-hetero) is 1. The van der Waals surface area contributed by atoms with Crippen LogP contribution in [0.1, 0.15) is 55.1 Å². The lowest BCUT2D eigenvalue weighted by Gasteiger charge is -2.25. The Labute approximate surface area is 199 Å². The molecule has 1 unspecified atom stereocenters. The van der Waals surface area contributed by atoms with E-state index in [1.807, 2.05) is 43.3 Å². The maximum atomic E-state index is 13.2. The molecule has 0 saturated carbocycles. The minimum atomic E-state index is -0.727. The number of benzene rings is 2. The standard InChI is InChI=1S/C28H28N2O4/c1-4-34-23-14-12-21(13-15-23)26(31)24-25(20-10-8-19(9-11-20)18(2)3)30(28(33)27(24)32)17-22-7-5-6-16-29-22/h5-16,18,25,31H,4,17H2,1-3H3/b26-24+. The summed E-state index contributed by atoms with van der Waals surface area (Å²) in [4.78, 5) is 32.1. The highest BCUT2D eigenvalue weighted by molar-refractivity contribution is 6.46. The minimum absolute atomic E-state index is 0.0717. The number of hydrogen-bond donors (Lipinski definition) is 1. The van der Waals surface area contributed by atoms with Crippen LogP contribution in [0.4, 0.5) is 0 Å². The highest BCUT2D eigenvalue weighted by Crippen LogP contribution is 2.40. The number of pyridine rings is 1. The molecule has 1 aliphatic rings. The fourth-order valence-corrected chi connectivity index (χ4v) is 4.15. The van der Waals surface area contributed by atoms with E-state index in [0.717, 1.165) is 11.1 Å². The van der Waals surface area contributed by atoms with Gasteiger partial charge in [0.1, 0.15) is 11.5 Å². The lowest BCUT2D eigenvalue weighted by molar-refractivity contribution is -0.140. The van der Waals surface area contributed by atoms with E-state index in [4.69, 9.17) is 4.74 Å². The summed E-state index contributed by atoms with van der Waals surface area (Å²) >= 11 is 0. The van der Waals surface area contributed by atoms with E-state index in [9.17, 15) is 14.7 Å². The second kappa shape index (κ2) is 9.91. The van der Waals surface area contributed by atoms with Crippen LogP contribution in [0, 0.1) is 0 Å². The third-order valence-electron chi connectivity index (χ3n) is 5.96. The summed E-state index contributed by atoms with van der Waals surface area (Å²) in [6, 6.07) is 19.4. The number of ether oxygens (including phenoxy) is 1. The van der Waals surface area contributed by atoms with E-state index in [-0.39, 0.29) is 17.9 Å². The summed E-state index contributed by atoms with van der Waals surface area (Å²) in [6.45, 7) is 6.78. The Kier molecular flexibility index (Phi) is 6.77. The lowest BCUT2D eigenvalue weighted by Crippen LogP contribution is -2.29. The van der Waals surface area contributed by atoms with Crippen molar-refractivity contribution in [3.05, 3.63) is 101 Å². The molecule has 1 fully saturated rings. The first-order valence-electron chi connectivity index (χ1n) is 11.4. The zero-order valence-electron chi connectivity index (χ0n) is 19.6. The van der Waals surface area contributed by atoms with Gasteiger partial charge in [-0.3, -0.25) is 14.6 Å². The van der Waals surface area contributed by atoms with Crippen LogP contribution in [0.3, 0.4) is 0 Å². The maximum Gasteiger partial charge on any atom is 0.296 e. The highest BCUT2D eigenvalue weighted by Gasteiger charge is 2.46. The second-order valence-corrected chi connectivity index (χ2v) is 8.53. The maximum absolute atomic E-state index is 13.2. The number of hydrogen-bond acceptors (Lipinski definition) is 5. The van der Waals surface area contributed by atoms with Crippen molar-refractivity contribution in [3.63, 3.8) is 0 Å². The molecule has 174 valence electrons. The molecule has 4 rings (SSSR count). The molecule has 1 N–H and O–H groups in total. The minimum Gasteiger partial charge on any atom is -0.507 e. The Bertz CT molecular complexity index is 1200. The number of rotatable bonds is 7. The monoisotopic (exact) mass is 456 g/mol. The third kappa shape index (κ3) is 4.57. The van der Waals surface area contributed by atoms with Crippen molar-refractivity contribution >= 4 is 17.4 Å². The van der Waals surface area contributed by atoms with Gasteiger partial charge in [-0.25, -0.2) is 0 Å². The van der Waals surface area contributed by atoms with E-state index >= 15 is 0 Å². The molecule has 1 saturated heterocycles.